The average Bonchev–Trinajstić information content (AvgIpc) is 2.85. The smallest absolute Gasteiger partial charge is 0.311 e. The van der Waals surface area contributed by atoms with E-state index in [1.54, 1.807) is 6.08 Å². The van der Waals surface area contributed by atoms with Crippen molar-refractivity contribution in [3.05, 3.63) is 35.5 Å². The van der Waals surface area contributed by atoms with Gasteiger partial charge >= 0.3 is 5.97 Å². The molecule has 0 unspecified atom stereocenters. The second-order valence-corrected chi connectivity index (χ2v) is 7.20. The van der Waals surface area contributed by atoms with Gasteiger partial charge in [-0.25, -0.2) is 0 Å². The van der Waals surface area contributed by atoms with Gasteiger partial charge < -0.3 is 5.11 Å². The number of carbonyl (C=O) groups is 2. The lowest BCUT2D eigenvalue weighted by molar-refractivity contribution is -0.147. The van der Waals surface area contributed by atoms with E-state index in [2.05, 4.69) is 6.58 Å². The molecule has 2 aliphatic carbocycles. The number of allylic oxidation sites excluding steroid dienone is 5. The van der Waals surface area contributed by atoms with Gasteiger partial charge in [0.05, 0.1) is 5.41 Å². The van der Waals surface area contributed by atoms with Crippen LogP contribution in [0.25, 0.3) is 0 Å². The lowest BCUT2D eigenvalue weighted by Crippen LogP contribution is -2.31. The number of carbonyl (C=O) groups excluding carboxylic acids is 1. The zero-order chi connectivity index (χ0) is 16.9. The fraction of sp³-hybridized carbons (Fsp3) is 0.579. The van der Waals surface area contributed by atoms with E-state index < -0.39 is 11.4 Å². The molecule has 0 bridgehead atoms. The first-order chi connectivity index (χ1) is 10.2. The minimum absolute atomic E-state index is 0.0154. The van der Waals surface area contributed by atoms with Gasteiger partial charge in [0.25, 0.3) is 0 Å². The number of hydrogen-bond donors (Lipinski definition) is 1. The van der Waals surface area contributed by atoms with Crippen LogP contribution in [-0.2, 0) is 9.59 Å². The number of carboxylic acids is 1. The molecule has 120 valence electrons. The minimum Gasteiger partial charge on any atom is -0.481 e. The maximum Gasteiger partial charge on any atom is 0.311 e. The zero-order valence-corrected chi connectivity index (χ0v) is 14.2. The van der Waals surface area contributed by atoms with E-state index in [9.17, 15) is 14.7 Å². The van der Waals surface area contributed by atoms with Crippen molar-refractivity contribution < 1.29 is 14.7 Å². The molecule has 1 N–H and O–H groups in total. The molecule has 3 atom stereocenters. The molecule has 0 amide bonds. The van der Waals surface area contributed by atoms with E-state index in [-0.39, 0.29) is 23.0 Å². The van der Waals surface area contributed by atoms with Crippen LogP contribution in [0.3, 0.4) is 0 Å². The fourth-order valence-electron chi connectivity index (χ4n) is 4.90. The molecule has 2 aliphatic rings. The molecule has 0 heterocycles. The molecule has 1 fully saturated rings. The van der Waals surface area contributed by atoms with E-state index in [0.717, 1.165) is 16.7 Å². The number of carboxylic acid groups (broad SMARTS) is 1. The molecule has 0 radical (unpaired) electrons. The molecule has 0 aromatic heterocycles. The van der Waals surface area contributed by atoms with Crippen LogP contribution in [-0.4, -0.2) is 16.9 Å². The quantitative estimate of drug-likeness (QED) is 0.776. The summed E-state index contributed by atoms with van der Waals surface area (Å²) in [5.74, 6) is -0.913. The first-order valence-electron chi connectivity index (χ1n) is 7.87. The van der Waals surface area contributed by atoms with Crippen molar-refractivity contribution in [1.29, 1.82) is 0 Å². The molecule has 0 aromatic carbocycles. The van der Waals surface area contributed by atoms with Gasteiger partial charge in [0, 0.05) is 18.3 Å². The van der Waals surface area contributed by atoms with Gasteiger partial charge in [0.2, 0.25) is 0 Å². The molecular formula is C19H26O3. The Bertz CT molecular complexity index is 606. The number of aliphatic carboxylic acids is 1. The highest BCUT2D eigenvalue weighted by Crippen LogP contribution is 2.77. The lowest BCUT2D eigenvalue weighted by Gasteiger charge is -2.24. The molecule has 1 saturated carbocycles. The Morgan fingerprint density at radius 3 is 2.50 bits per heavy atom. The van der Waals surface area contributed by atoms with E-state index >= 15 is 0 Å². The maximum atomic E-state index is 12.3. The van der Waals surface area contributed by atoms with Crippen LogP contribution >= 0.6 is 0 Å². The first kappa shape index (κ1) is 16.7. The molecule has 0 aromatic rings. The average molecular weight is 302 g/mol. The minimum atomic E-state index is -0.869. The topological polar surface area (TPSA) is 54.4 Å². The number of hydrogen-bond acceptors (Lipinski definition) is 2. The molecular weight excluding hydrogens is 276 g/mol. The number of Topliss-reactive ketones (excluding diaryl/α,β-unsaturated/α-hetero) is 1. The molecule has 3 nitrogen and oxygen atoms in total. The van der Waals surface area contributed by atoms with Gasteiger partial charge in [-0.1, -0.05) is 37.1 Å². The van der Waals surface area contributed by atoms with E-state index in [4.69, 9.17) is 0 Å². The Morgan fingerprint density at radius 1 is 1.45 bits per heavy atom. The first-order valence-corrected chi connectivity index (χ1v) is 7.87. The van der Waals surface area contributed by atoms with Crippen LogP contribution in [0, 0.1) is 22.7 Å². The summed E-state index contributed by atoms with van der Waals surface area (Å²) in [6.07, 6.45) is 4.57. The summed E-state index contributed by atoms with van der Waals surface area (Å²) in [5.41, 5.74) is 1.61. The van der Waals surface area contributed by atoms with Gasteiger partial charge in [-0.15, -0.1) is 6.58 Å². The highest BCUT2D eigenvalue weighted by molar-refractivity contribution is 6.01. The SMILES string of the molecule is C=CCC1=C(C)[C@@H]([C@@]2(C(=O)O)[C@H](/C(C)=C/C)C2(C)C)CC1=O. The van der Waals surface area contributed by atoms with Crippen LogP contribution in [0.4, 0.5) is 0 Å². The summed E-state index contributed by atoms with van der Waals surface area (Å²) in [6.45, 7) is 13.6. The summed E-state index contributed by atoms with van der Waals surface area (Å²) < 4.78 is 0. The lowest BCUT2D eigenvalue weighted by atomic mass is 9.77. The molecule has 3 heteroatoms. The van der Waals surface area contributed by atoms with Crippen molar-refractivity contribution in [3.8, 4) is 0 Å². The second-order valence-electron chi connectivity index (χ2n) is 7.20. The summed E-state index contributed by atoms with van der Waals surface area (Å²) in [6, 6.07) is 0. The Balaban J connectivity index is 2.55. The van der Waals surface area contributed by atoms with Gasteiger partial charge in [0.1, 0.15) is 0 Å². The third kappa shape index (κ3) is 1.87. The predicted octanol–water partition coefficient (Wildman–Crippen LogP) is 4.16. The van der Waals surface area contributed by atoms with Gasteiger partial charge in [-0.3, -0.25) is 9.59 Å². The summed E-state index contributed by atoms with van der Waals surface area (Å²) in [5, 5.41) is 10.1. The van der Waals surface area contributed by atoms with Gasteiger partial charge in [-0.05, 0) is 38.2 Å². The summed E-state index contributed by atoms with van der Waals surface area (Å²) >= 11 is 0. The fourth-order valence-corrected chi connectivity index (χ4v) is 4.90. The Kier molecular flexibility index (Phi) is 3.97. The van der Waals surface area contributed by atoms with Crippen molar-refractivity contribution in [1.82, 2.24) is 0 Å². The van der Waals surface area contributed by atoms with Crippen molar-refractivity contribution in [2.75, 3.05) is 0 Å². The van der Waals surface area contributed by atoms with Crippen molar-refractivity contribution >= 4 is 11.8 Å². The maximum absolute atomic E-state index is 12.3. The highest BCUT2D eigenvalue weighted by atomic mass is 16.4. The molecule has 2 rings (SSSR count). The van der Waals surface area contributed by atoms with Crippen molar-refractivity contribution in [3.63, 3.8) is 0 Å². The van der Waals surface area contributed by atoms with E-state index in [0.29, 0.717) is 12.8 Å². The summed E-state index contributed by atoms with van der Waals surface area (Å²) in [7, 11) is 0. The monoisotopic (exact) mass is 302 g/mol. The predicted molar refractivity (Wildman–Crippen MR) is 87.4 cm³/mol. The number of ketones is 1. The Hall–Kier alpha value is -1.64. The Labute approximate surface area is 132 Å². The summed E-state index contributed by atoms with van der Waals surface area (Å²) in [4.78, 5) is 24.6. The van der Waals surface area contributed by atoms with E-state index in [1.807, 2.05) is 40.7 Å². The largest absolute Gasteiger partial charge is 0.481 e. The van der Waals surface area contributed by atoms with E-state index in [1.165, 1.54) is 0 Å². The molecule has 0 saturated heterocycles. The number of rotatable bonds is 5. The zero-order valence-electron chi connectivity index (χ0n) is 14.2. The standard InChI is InChI=1S/C19H26O3/c1-7-9-13-12(4)14(10-15(13)20)19(17(21)22)16(11(3)8-2)18(19,5)6/h7-8,14,16H,1,9-10H2,2-6H3,(H,21,22)/b11-8+/t14-,16+,19-/m0/s1. The van der Waals surface area contributed by atoms with Crippen LogP contribution in [0.15, 0.2) is 35.5 Å². The van der Waals surface area contributed by atoms with Crippen LogP contribution in [0.5, 0.6) is 0 Å². The second kappa shape index (κ2) is 5.22. The van der Waals surface area contributed by atoms with Gasteiger partial charge in [0.15, 0.2) is 5.78 Å². The molecule has 22 heavy (non-hydrogen) atoms. The van der Waals surface area contributed by atoms with Crippen molar-refractivity contribution in [2.24, 2.45) is 22.7 Å². The third-order valence-electron chi connectivity index (χ3n) is 6.05. The third-order valence-corrected chi connectivity index (χ3v) is 6.05. The van der Waals surface area contributed by atoms with Gasteiger partial charge in [-0.2, -0.15) is 0 Å². The molecule has 0 aliphatic heterocycles. The highest BCUT2D eigenvalue weighted by Gasteiger charge is 2.79. The van der Waals surface area contributed by atoms with Crippen LogP contribution in [0.1, 0.15) is 47.5 Å². The van der Waals surface area contributed by atoms with Crippen molar-refractivity contribution in [2.45, 2.75) is 47.5 Å². The van der Waals surface area contributed by atoms with Crippen LogP contribution in [0.2, 0.25) is 0 Å². The Morgan fingerprint density at radius 2 is 2.05 bits per heavy atom. The van der Waals surface area contributed by atoms with Crippen LogP contribution < -0.4 is 0 Å². The normalized spacial score (nSPS) is 34.0. The molecule has 0 spiro atoms.